The maximum atomic E-state index is 15.6. The van der Waals surface area contributed by atoms with Gasteiger partial charge in [-0.2, -0.15) is 0 Å². The highest BCUT2D eigenvalue weighted by Gasteiger charge is 2.34. The van der Waals surface area contributed by atoms with Crippen molar-refractivity contribution < 1.29 is 13.5 Å². The molecule has 0 N–H and O–H groups in total. The van der Waals surface area contributed by atoms with Gasteiger partial charge in [0.1, 0.15) is 35.6 Å². The van der Waals surface area contributed by atoms with Crippen molar-refractivity contribution in [3.8, 4) is 50.7 Å². The smallest absolute Gasteiger partial charge is 0.137 e. The molecular weight excluding hydrogens is 975 g/mol. The molecule has 3 heterocycles. The third-order valence-electron chi connectivity index (χ3n) is 15.8. The maximum Gasteiger partial charge on any atom is 0.137 e. The van der Waals surface area contributed by atoms with Gasteiger partial charge in [-0.15, -0.1) is 0 Å². The van der Waals surface area contributed by atoms with Crippen molar-refractivity contribution in [1.82, 2.24) is 9.55 Å². The molecule has 0 amide bonds. The number of benzene rings is 8. The summed E-state index contributed by atoms with van der Waals surface area (Å²) in [7, 11) is 0. The summed E-state index contributed by atoms with van der Waals surface area (Å²) >= 11 is 0. The Labute approximate surface area is 466 Å². The van der Waals surface area contributed by atoms with E-state index >= 15 is 8.78 Å². The second-order valence-electron chi connectivity index (χ2n) is 25.3. The van der Waals surface area contributed by atoms with Gasteiger partial charge in [0.15, 0.2) is 0 Å². The molecule has 0 unspecified atom stereocenters. The zero-order valence-corrected chi connectivity index (χ0v) is 48.1. The summed E-state index contributed by atoms with van der Waals surface area (Å²) in [5.74, 6) is 1.52. The summed E-state index contributed by atoms with van der Waals surface area (Å²) in [6.07, 6.45) is 1.91. The Morgan fingerprint density at radius 3 is 1.66 bits per heavy atom. The van der Waals surface area contributed by atoms with E-state index in [1.165, 1.54) is 34.4 Å². The number of pyridine rings is 1. The predicted molar refractivity (Wildman–Crippen MR) is 328 cm³/mol. The number of halogens is 2. The molecule has 2 aromatic heterocycles. The van der Waals surface area contributed by atoms with Gasteiger partial charge in [0.2, 0.25) is 0 Å². The number of aromatic nitrogens is 2. The first-order valence-corrected chi connectivity index (χ1v) is 27.9. The van der Waals surface area contributed by atoms with Gasteiger partial charge in [0, 0.05) is 52.0 Å². The van der Waals surface area contributed by atoms with E-state index in [4.69, 9.17) is 9.72 Å². The first-order valence-electron chi connectivity index (χ1n) is 27.9. The lowest BCUT2D eigenvalue weighted by Gasteiger charge is -2.31. The monoisotopic (exact) mass is 1050 g/mol. The fraction of sp³-hybridized carbons (Fsp3) is 0.264. The maximum absolute atomic E-state index is 15.6. The SMILES string of the molecule is CC(C)c1cc(-c2cc(C(C)(C)C)cc(-c3cc(F)cc(F)c3)c2N2CN(c3cc(Oc4ccc5c6ccccc6n(-c6cc(C(C)(C)C)ccn6)c5c4)cc(-c4ccc(C(C)(C)C)cc4)c3)c3ccccc32)cc(C(C)C)c1. The van der Waals surface area contributed by atoms with Gasteiger partial charge in [-0.1, -0.05) is 163 Å². The van der Waals surface area contributed by atoms with Crippen LogP contribution in [0.1, 0.15) is 130 Å². The average Bonchev–Trinajstić information content (AvgIpc) is 4.12. The van der Waals surface area contributed by atoms with Crippen LogP contribution in [0.3, 0.4) is 0 Å². The van der Waals surface area contributed by atoms with Crippen LogP contribution in [0.5, 0.6) is 11.5 Å². The van der Waals surface area contributed by atoms with E-state index in [0.29, 0.717) is 23.7 Å². The highest BCUT2D eigenvalue weighted by molar-refractivity contribution is 6.09. The number of para-hydroxylation sites is 3. The Hall–Kier alpha value is -8.03. The molecule has 1 aliphatic heterocycles. The van der Waals surface area contributed by atoms with Crippen LogP contribution in [-0.2, 0) is 16.2 Å². The van der Waals surface area contributed by atoms with Crippen molar-refractivity contribution in [2.24, 2.45) is 0 Å². The van der Waals surface area contributed by atoms with Gasteiger partial charge >= 0.3 is 0 Å². The molecule has 1 aliphatic rings. The van der Waals surface area contributed by atoms with E-state index in [1.807, 2.05) is 6.20 Å². The quantitative estimate of drug-likeness (QED) is 0.137. The van der Waals surface area contributed by atoms with Crippen molar-refractivity contribution >= 4 is 44.6 Å². The summed E-state index contributed by atoms with van der Waals surface area (Å²) in [6.45, 7) is 29.3. The Balaban J connectivity index is 1.10. The highest BCUT2D eigenvalue weighted by atomic mass is 19.1. The summed E-state index contributed by atoms with van der Waals surface area (Å²) in [5, 5.41) is 2.25. The van der Waals surface area contributed by atoms with E-state index in [1.54, 1.807) is 0 Å². The number of rotatable bonds is 10. The lowest BCUT2D eigenvalue weighted by molar-refractivity contribution is 0.483. The molecule has 0 spiro atoms. The largest absolute Gasteiger partial charge is 0.457 e. The Morgan fingerprint density at radius 1 is 0.456 bits per heavy atom. The number of ether oxygens (including phenoxy) is 1. The van der Waals surface area contributed by atoms with Crippen molar-refractivity contribution in [1.29, 1.82) is 0 Å². The molecule has 0 saturated carbocycles. The zero-order chi connectivity index (χ0) is 55.9. The van der Waals surface area contributed by atoms with E-state index in [-0.39, 0.29) is 28.1 Å². The lowest BCUT2D eigenvalue weighted by Crippen LogP contribution is -2.25. The molecular formula is C72H72F2N4O. The van der Waals surface area contributed by atoms with Crippen LogP contribution >= 0.6 is 0 Å². The van der Waals surface area contributed by atoms with Gasteiger partial charge in [-0.3, -0.25) is 4.57 Å². The third-order valence-corrected chi connectivity index (χ3v) is 15.8. The predicted octanol–water partition coefficient (Wildman–Crippen LogP) is 20.6. The standard InChI is InChI=1S/C72H72F2N4O/c1-44(2)47-30-48(45(3)4)32-50(31-47)62-37-54(72(11,12)13)38-63(51-33-55(73)40-56(74)34-51)69(62)77-43-76(65-20-16-17-21-66(65)77)57-35-49(46-22-24-52(25-23-46)70(5,6)7)36-59(41-57)79-58-26-27-61-60-18-14-15-19-64(60)78(67(61)42-58)68-39-53(28-29-75-68)71(8,9)10/h14-42,44-45H,43H2,1-13H3. The van der Waals surface area contributed by atoms with Crippen LogP contribution < -0.4 is 14.5 Å². The summed E-state index contributed by atoms with van der Waals surface area (Å²) in [6, 6.07) is 58.3. The molecule has 0 radical (unpaired) electrons. The van der Waals surface area contributed by atoms with Crippen LogP contribution in [0.25, 0.3) is 61.0 Å². The fourth-order valence-electron chi connectivity index (χ4n) is 11.2. The number of anilines is 4. The molecule has 11 rings (SSSR count). The normalized spacial score (nSPS) is 13.1. The van der Waals surface area contributed by atoms with Crippen LogP contribution in [0.2, 0.25) is 0 Å². The number of hydrogen-bond donors (Lipinski definition) is 0. The molecule has 0 saturated heterocycles. The molecule has 0 fully saturated rings. The second kappa shape index (κ2) is 20.0. The van der Waals surface area contributed by atoms with E-state index in [2.05, 4.69) is 256 Å². The Kier molecular flexibility index (Phi) is 13.4. The van der Waals surface area contributed by atoms with Gasteiger partial charge in [0.05, 0.1) is 28.1 Å². The minimum atomic E-state index is -0.622. The fourth-order valence-corrected chi connectivity index (χ4v) is 11.2. The molecule has 8 aromatic carbocycles. The molecule has 10 aromatic rings. The minimum Gasteiger partial charge on any atom is -0.457 e. The van der Waals surface area contributed by atoms with Gasteiger partial charge in [-0.25, -0.2) is 13.8 Å². The number of hydrogen-bond acceptors (Lipinski definition) is 4. The minimum absolute atomic E-state index is 0.0192. The van der Waals surface area contributed by atoms with E-state index in [0.717, 1.165) is 89.8 Å². The number of fused-ring (bicyclic) bond motifs is 4. The molecule has 0 atom stereocenters. The topological polar surface area (TPSA) is 33.5 Å². The molecule has 79 heavy (non-hydrogen) atoms. The molecule has 400 valence electrons. The number of nitrogens with zero attached hydrogens (tertiary/aromatic N) is 4. The van der Waals surface area contributed by atoms with Gasteiger partial charge in [0.25, 0.3) is 0 Å². The zero-order valence-electron chi connectivity index (χ0n) is 48.1. The molecule has 5 nitrogen and oxygen atoms in total. The van der Waals surface area contributed by atoms with E-state index < -0.39 is 11.6 Å². The first-order chi connectivity index (χ1) is 37.5. The van der Waals surface area contributed by atoms with Crippen molar-refractivity contribution in [3.05, 3.63) is 216 Å². The van der Waals surface area contributed by atoms with Crippen molar-refractivity contribution in [2.45, 2.75) is 118 Å². The van der Waals surface area contributed by atoms with Crippen LogP contribution in [0, 0.1) is 11.6 Å². The Morgan fingerprint density at radius 2 is 1.04 bits per heavy atom. The molecule has 0 aliphatic carbocycles. The van der Waals surface area contributed by atoms with E-state index in [9.17, 15) is 0 Å². The van der Waals surface area contributed by atoms with Crippen LogP contribution in [0.15, 0.2) is 176 Å². The van der Waals surface area contributed by atoms with Crippen molar-refractivity contribution in [3.63, 3.8) is 0 Å². The average molecular weight is 1050 g/mol. The summed E-state index contributed by atoms with van der Waals surface area (Å²) in [5.41, 5.74) is 16.8. The van der Waals surface area contributed by atoms with Gasteiger partial charge < -0.3 is 14.5 Å². The molecule has 7 heteroatoms. The van der Waals surface area contributed by atoms with Gasteiger partial charge in [-0.05, 0) is 157 Å². The second-order valence-corrected chi connectivity index (χ2v) is 25.3. The summed E-state index contributed by atoms with van der Waals surface area (Å²) < 4.78 is 40.7. The van der Waals surface area contributed by atoms with Crippen LogP contribution in [0.4, 0.5) is 31.5 Å². The highest BCUT2D eigenvalue weighted by Crippen LogP contribution is 2.53. The third kappa shape index (κ3) is 10.3. The Bertz CT molecular complexity index is 3910. The lowest BCUT2D eigenvalue weighted by atomic mass is 9.81. The van der Waals surface area contributed by atoms with Crippen LogP contribution in [-0.4, -0.2) is 16.2 Å². The molecule has 0 bridgehead atoms. The first kappa shape index (κ1) is 53.0. The van der Waals surface area contributed by atoms with Crippen molar-refractivity contribution in [2.75, 3.05) is 16.5 Å². The summed E-state index contributed by atoms with van der Waals surface area (Å²) in [4.78, 5) is 9.63.